The summed E-state index contributed by atoms with van der Waals surface area (Å²) in [5, 5.41) is 1.22. The molecule has 0 amide bonds. The highest BCUT2D eigenvalue weighted by Crippen LogP contribution is 2.27. The summed E-state index contributed by atoms with van der Waals surface area (Å²) < 4.78 is 5.67. The highest BCUT2D eigenvalue weighted by atomic mass is 35.5. The largest absolute Gasteiger partial charge is 0.492 e. The molecule has 1 aromatic rings. The monoisotopic (exact) mass is 287 g/mol. The minimum atomic E-state index is 0.584. The minimum absolute atomic E-state index is 0.584. The zero-order valence-corrected chi connectivity index (χ0v) is 12.0. The lowest BCUT2D eigenvalue weighted by molar-refractivity contribution is 0.205. The molecule has 1 aliphatic heterocycles. The van der Waals surface area contributed by atoms with Gasteiger partial charge in [-0.2, -0.15) is 0 Å². The lowest BCUT2D eigenvalue weighted by atomic mass is 10.1. The van der Waals surface area contributed by atoms with Gasteiger partial charge in [0.15, 0.2) is 0 Å². The van der Waals surface area contributed by atoms with E-state index in [2.05, 4.69) is 4.90 Å². The fourth-order valence-electron chi connectivity index (χ4n) is 2.25. The molecular weight excluding hydrogens is 269 g/mol. The van der Waals surface area contributed by atoms with E-state index in [0.717, 1.165) is 18.7 Å². The molecule has 0 N–H and O–H groups in total. The van der Waals surface area contributed by atoms with E-state index in [1.807, 2.05) is 6.07 Å². The van der Waals surface area contributed by atoms with E-state index in [0.29, 0.717) is 16.7 Å². The molecule has 1 fully saturated rings. The van der Waals surface area contributed by atoms with Gasteiger partial charge in [0.2, 0.25) is 0 Å². The third kappa shape index (κ3) is 4.34. The van der Waals surface area contributed by atoms with Crippen molar-refractivity contribution in [1.82, 2.24) is 4.90 Å². The summed E-state index contributed by atoms with van der Waals surface area (Å²) in [5.74, 6) is 0.722. The van der Waals surface area contributed by atoms with Gasteiger partial charge in [-0.1, -0.05) is 29.6 Å². The van der Waals surface area contributed by atoms with E-state index in [-0.39, 0.29) is 0 Å². The van der Waals surface area contributed by atoms with Gasteiger partial charge in [0.1, 0.15) is 5.75 Å². The van der Waals surface area contributed by atoms with Crippen LogP contribution in [0.2, 0.25) is 10.0 Å². The van der Waals surface area contributed by atoms with Crippen LogP contribution < -0.4 is 4.74 Å². The maximum atomic E-state index is 6.04. The van der Waals surface area contributed by atoms with Crippen LogP contribution in [0.15, 0.2) is 18.2 Å². The predicted octanol–water partition coefficient (Wildman–Crippen LogP) is 4.25. The van der Waals surface area contributed by atoms with Crippen molar-refractivity contribution in [2.45, 2.75) is 25.7 Å². The van der Waals surface area contributed by atoms with Crippen molar-refractivity contribution in [3.63, 3.8) is 0 Å². The Kier molecular flexibility index (Phi) is 5.61. The van der Waals surface area contributed by atoms with Crippen LogP contribution in [0.4, 0.5) is 0 Å². The second-order valence-electron chi connectivity index (χ2n) is 4.68. The van der Waals surface area contributed by atoms with E-state index >= 15 is 0 Å². The predicted molar refractivity (Wildman–Crippen MR) is 76.9 cm³/mol. The highest BCUT2D eigenvalue weighted by Gasteiger charge is 2.09. The molecule has 0 spiro atoms. The molecule has 0 bridgehead atoms. The number of hydrogen-bond acceptors (Lipinski definition) is 2. The summed E-state index contributed by atoms with van der Waals surface area (Å²) in [6.07, 6.45) is 5.10. The smallest absolute Gasteiger partial charge is 0.137 e. The molecule has 2 rings (SSSR count). The van der Waals surface area contributed by atoms with Crippen molar-refractivity contribution in [2.24, 2.45) is 0 Å². The summed E-state index contributed by atoms with van der Waals surface area (Å²) in [6, 6.07) is 5.34. The average molecular weight is 288 g/mol. The van der Waals surface area contributed by atoms with Crippen LogP contribution in [-0.4, -0.2) is 31.1 Å². The van der Waals surface area contributed by atoms with E-state index in [1.54, 1.807) is 12.1 Å². The second kappa shape index (κ2) is 7.22. The molecule has 2 nitrogen and oxygen atoms in total. The van der Waals surface area contributed by atoms with Crippen molar-refractivity contribution < 1.29 is 4.74 Å². The number of rotatable bonds is 5. The molecule has 1 heterocycles. The zero-order valence-electron chi connectivity index (χ0n) is 10.5. The van der Waals surface area contributed by atoms with Gasteiger partial charge in [-0.25, -0.2) is 0 Å². The maximum absolute atomic E-state index is 6.04. The molecule has 0 atom stereocenters. The zero-order chi connectivity index (χ0) is 12.8. The molecule has 1 aliphatic rings. The van der Waals surface area contributed by atoms with Crippen molar-refractivity contribution in [3.05, 3.63) is 28.2 Å². The third-order valence-corrected chi connectivity index (χ3v) is 3.75. The number of piperidine rings is 1. The van der Waals surface area contributed by atoms with Crippen LogP contribution in [0.25, 0.3) is 0 Å². The molecule has 0 unspecified atom stereocenters. The Balaban J connectivity index is 1.68. The first-order valence-corrected chi connectivity index (χ1v) is 7.31. The lowest BCUT2D eigenvalue weighted by Crippen LogP contribution is -2.31. The number of benzene rings is 1. The second-order valence-corrected chi connectivity index (χ2v) is 5.52. The van der Waals surface area contributed by atoms with Gasteiger partial charge in [-0.15, -0.1) is 0 Å². The van der Waals surface area contributed by atoms with Gasteiger partial charge in [0.05, 0.1) is 11.6 Å². The molecule has 1 saturated heterocycles. The highest BCUT2D eigenvalue weighted by molar-refractivity contribution is 6.35. The van der Waals surface area contributed by atoms with E-state index < -0.39 is 0 Å². The molecule has 4 heteroatoms. The van der Waals surface area contributed by atoms with Crippen LogP contribution >= 0.6 is 23.2 Å². The van der Waals surface area contributed by atoms with Crippen molar-refractivity contribution in [3.8, 4) is 5.75 Å². The Bertz CT molecular complexity index is 378. The molecular formula is C14H19Cl2NO. The van der Waals surface area contributed by atoms with E-state index in [4.69, 9.17) is 27.9 Å². The van der Waals surface area contributed by atoms with E-state index in [9.17, 15) is 0 Å². The molecule has 0 aromatic heterocycles. The quantitative estimate of drug-likeness (QED) is 0.751. The number of ether oxygens (including phenoxy) is 1. The van der Waals surface area contributed by atoms with Crippen LogP contribution in [-0.2, 0) is 0 Å². The third-order valence-electron chi connectivity index (χ3n) is 3.22. The first-order valence-electron chi connectivity index (χ1n) is 6.56. The number of likely N-dealkylation sites (tertiary alicyclic amines) is 1. The standard InChI is InChI=1S/C14H19Cl2NO/c15-12-5-6-14(13(16)11-12)18-10-4-9-17-7-2-1-3-8-17/h5-6,11H,1-4,7-10H2. The number of halogens is 2. The SMILES string of the molecule is Clc1ccc(OCCCN2CCCCC2)c(Cl)c1. The Labute approximate surface area is 119 Å². The Morgan fingerprint density at radius 1 is 1.11 bits per heavy atom. The fourth-order valence-corrected chi connectivity index (χ4v) is 2.71. The first kappa shape index (κ1) is 14.0. The van der Waals surface area contributed by atoms with Gasteiger partial charge in [-0.05, 0) is 50.6 Å². The van der Waals surface area contributed by atoms with E-state index in [1.165, 1.54) is 32.4 Å². The van der Waals surface area contributed by atoms with Gasteiger partial charge in [0.25, 0.3) is 0 Å². The van der Waals surface area contributed by atoms with Crippen LogP contribution in [0.5, 0.6) is 5.75 Å². The molecule has 100 valence electrons. The Morgan fingerprint density at radius 2 is 1.89 bits per heavy atom. The maximum Gasteiger partial charge on any atom is 0.137 e. The summed E-state index contributed by atoms with van der Waals surface area (Å²) in [4.78, 5) is 2.51. The summed E-state index contributed by atoms with van der Waals surface area (Å²) >= 11 is 11.9. The van der Waals surface area contributed by atoms with Crippen molar-refractivity contribution in [1.29, 1.82) is 0 Å². The van der Waals surface area contributed by atoms with Crippen molar-refractivity contribution in [2.75, 3.05) is 26.2 Å². The average Bonchev–Trinajstić information content (AvgIpc) is 2.38. The minimum Gasteiger partial charge on any atom is -0.492 e. The molecule has 0 radical (unpaired) electrons. The van der Waals surface area contributed by atoms with Gasteiger partial charge >= 0.3 is 0 Å². The molecule has 0 saturated carbocycles. The van der Waals surface area contributed by atoms with Gasteiger partial charge in [-0.3, -0.25) is 0 Å². The topological polar surface area (TPSA) is 12.5 Å². The summed E-state index contributed by atoms with van der Waals surface area (Å²) in [7, 11) is 0. The van der Waals surface area contributed by atoms with Crippen LogP contribution in [0, 0.1) is 0 Å². The Morgan fingerprint density at radius 3 is 2.61 bits per heavy atom. The van der Waals surface area contributed by atoms with Crippen molar-refractivity contribution >= 4 is 23.2 Å². The normalized spacial score (nSPS) is 16.8. The van der Waals surface area contributed by atoms with Crippen LogP contribution in [0.1, 0.15) is 25.7 Å². The Hall–Kier alpha value is -0.440. The fraction of sp³-hybridized carbons (Fsp3) is 0.571. The molecule has 0 aliphatic carbocycles. The van der Waals surface area contributed by atoms with Crippen LogP contribution in [0.3, 0.4) is 0 Å². The summed E-state index contributed by atoms with van der Waals surface area (Å²) in [5.41, 5.74) is 0. The first-order chi connectivity index (χ1) is 8.75. The van der Waals surface area contributed by atoms with Gasteiger partial charge < -0.3 is 9.64 Å². The molecule has 18 heavy (non-hydrogen) atoms. The lowest BCUT2D eigenvalue weighted by Gasteiger charge is -2.26. The molecule has 1 aromatic carbocycles. The number of nitrogens with zero attached hydrogens (tertiary/aromatic N) is 1. The summed E-state index contributed by atoms with van der Waals surface area (Å²) in [6.45, 7) is 4.30. The number of hydrogen-bond donors (Lipinski definition) is 0. The van der Waals surface area contributed by atoms with Gasteiger partial charge in [0, 0.05) is 11.6 Å².